The zero-order valence-corrected chi connectivity index (χ0v) is 19.5. The molecule has 1 saturated heterocycles. The van der Waals surface area contributed by atoms with Gasteiger partial charge in [-0.25, -0.2) is 8.42 Å². The van der Waals surface area contributed by atoms with Crippen LogP contribution in [0, 0.1) is 6.92 Å². The van der Waals surface area contributed by atoms with Crippen LogP contribution >= 0.6 is 45.9 Å². The van der Waals surface area contributed by atoms with Gasteiger partial charge >= 0.3 is 0 Å². The number of sulfonamides is 1. The molecule has 0 saturated carbocycles. The number of rotatable bonds is 3. The van der Waals surface area contributed by atoms with Gasteiger partial charge in [0.25, 0.3) is 15.9 Å². The van der Waals surface area contributed by atoms with Crippen molar-refractivity contribution in [1.82, 2.24) is 8.87 Å². The highest BCUT2D eigenvalue weighted by Crippen LogP contribution is 2.32. The Bertz CT molecular complexity index is 1290. The Morgan fingerprint density at radius 3 is 2.69 bits per heavy atom. The minimum Gasteiger partial charge on any atom is -0.319 e. The first-order valence-corrected chi connectivity index (χ1v) is 12.6. The summed E-state index contributed by atoms with van der Waals surface area (Å²) in [7, 11) is -1.95. The third kappa shape index (κ3) is 3.80. The van der Waals surface area contributed by atoms with Gasteiger partial charge < -0.3 is 4.57 Å². The van der Waals surface area contributed by atoms with Crippen molar-refractivity contribution in [3.8, 4) is 0 Å². The van der Waals surface area contributed by atoms with Crippen LogP contribution in [0.3, 0.4) is 0 Å². The Hall–Kier alpha value is -1.23. The largest absolute Gasteiger partial charge is 0.319 e. The average molecular weight is 490 g/mol. The molecule has 2 aromatic heterocycles. The van der Waals surface area contributed by atoms with Crippen LogP contribution in [0.1, 0.15) is 18.4 Å². The monoisotopic (exact) mass is 489 g/mol. The maximum atomic E-state index is 13.0. The highest BCUT2D eigenvalue weighted by molar-refractivity contribution is 7.91. The third-order valence-corrected chi connectivity index (χ3v) is 9.76. The highest BCUT2D eigenvalue weighted by atomic mass is 35.5. The van der Waals surface area contributed by atoms with E-state index in [1.807, 2.05) is 30.7 Å². The number of carbonyl (C=O) groups is 1. The van der Waals surface area contributed by atoms with Gasteiger partial charge in [-0.15, -0.1) is 11.3 Å². The van der Waals surface area contributed by atoms with E-state index in [1.54, 1.807) is 6.07 Å². The van der Waals surface area contributed by atoms with Crippen LogP contribution in [0.5, 0.6) is 0 Å². The second-order valence-corrected chi connectivity index (χ2v) is 12.1. The number of amides is 1. The molecule has 4 rings (SSSR count). The lowest BCUT2D eigenvalue weighted by molar-refractivity contribution is -0.121. The number of benzene rings is 1. The molecular formula is C18H17Cl2N3O3S3. The summed E-state index contributed by atoms with van der Waals surface area (Å²) >= 11 is 14.4. The SMILES string of the molecule is Cc1cc(Cl)cc2sc(=NC(=O)C3CCCN3S(=O)(=O)c3ccc(Cl)s3)n(C)c12. The molecule has 6 nitrogen and oxygen atoms in total. The molecule has 1 amide bonds. The first-order valence-electron chi connectivity index (χ1n) is 8.80. The van der Waals surface area contributed by atoms with E-state index in [2.05, 4.69) is 4.99 Å². The van der Waals surface area contributed by atoms with Gasteiger partial charge in [-0.1, -0.05) is 34.5 Å². The topological polar surface area (TPSA) is 71.7 Å². The van der Waals surface area contributed by atoms with Gasteiger partial charge in [-0.3, -0.25) is 4.79 Å². The fraction of sp³-hybridized carbons (Fsp3) is 0.333. The Labute approximate surface area is 186 Å². The Kier molecular flexibility index (Phi) is 5.65. The predicted octanol–water partition coefficient (Wildman–Crippen LogP) is 4.20. The maximum Gasteiger partial charge on any atom is 0.266 e. The first-order chi connectivity index (χ1) is 13.7. The van der Waals surface area contributed by atoms with Gasteiger partial charge in [0.15, 0.2) is 4.80 Å². The minimum absolute atomic E-state index is 0.139. The lowest BCUT2D eigenvalue weighted by Gasteiger charge is -2.20. The molecule has 1 atom stereocenters. The summed E-state index contributed by atoms with van der Waals surface area (Å²) < 4.78 is 30.5. The second-order valence-electron chi connectivity index (χ2n) is 6.80. The van der Waals surface area contributed by atoms with Crippen molar-refractivity contribution in [2.45, 2.75) is 30.0 Å². The van der Waals surface area contributed by atoms with Gasteiger partial charge in [0.05, 0.1) is 14.6 Å². The molecule has 1 aliphatic heterocycles. The Balaban J connectivity index is 1.72. The fourth-order valence-electron chi connectivity index (χ4n) is 3.57. The number of halogens is 2. The zero-order valence-electron chi connectivity index (χ0n) is 15.6. The molecule has 1 fully saturated rings. The summed E-state index contributed by atoms with van der Waals surface area (Å²) in [6.45, 7) is 2.24. The van der Waals surface area contributed by atoms with Crippen LogP contribution < -0.4 is 4.80 Å². The van der Waals surface area contributed by atoms with Crippen molar-refractivity contribution < 1.29 is 13.2 Å². The van der Waals surface area contributed by atoms with Crippen molar-refractivity contribution in [2.75, 3.05) is 6.54 Å². The highest BCUT2D eigenvalue weighted by Gasteiger charge is 2.40. The van der Waals surface area contributed by atoms with E-state index in [0.717, 1.165) is 27.1 Å². The summed E-state index contributed by atoms with van der Waals surface area (Å²) in [4.78, 5) is 17.8. The summed E-state index contributed by atoms with van der Waals surface area (Å²) in [6, 6.07) is 5.90. The maximum absolute atomic E-state index is 13.0. The van der Waals surface area contributed by atoms with Crippen molar-refractivity contribution in [2.24, 2.45) is 12.0 Å². The number of aryl methyl sites for hydroxylation is 2. The number of carbonyl (C=O) groups excluding carboxylic acids is 1. The molecule has 0 radical (unpaired) electrons. The first kappa shape index (κ1) is 21.0. The van der Waals surface area contributed by atoms with E-state index in [-0.39, 0.29) is 10.8 Å². The Morgan fingerprint density at radius 2 is 2.00 bits per heavy atom. The molecule has 11 heteroatoms. The van der Waals surface area contributed by atoms with E-state index < -0.39 is 22.0 Å². The molecule has 1 aromatic carbocycles. The third-order valence-electron chi connectivity index (χ3n) is 4.86. The fourth-order valence-corrected chi connectivity index (χ4v) is 8.31. The number of thiazole rings is 1. The molecule has 1 aliphatic rings. The molecule has 1 unspecified atom stereocenters. The van der Waals surface area contributed by atoms with Gasteiger partial charge in [0.2, 0.25) is 0 Å². The second kappa shape index (κ2) is 7.79. The number of thiophene rings is 1. The molecule has 154 valence electrons. The Morgan fingerprint density at radius 1 is 1.24 bits per heavy atom. The van der Waals surface area contributed by atoms with Crippen molar-refractivity contribution >= 4 is 72.0 Å². The quantitative estimate of drug-likeness (QED) is 0.553. The molecule has 29 heavy (non-hydrogen) atoms. The van der Waals surface area contributed by atoms with Gasteiger partial charge in [-0.05, 0) is 49.6 Å². The van der Waals surface area contributed by atoms with Crippen LogP contribution in [0.2, 0.25) is 9.36 Å². The number of aromatic nitrogens is 1. The van der Waals surface area contributed by atoms with Crippen LogP contribution in [-0.4, -0.2) is 35.8 Å². The smallest absolute Gasteiger partial charge is 0.266 e. The lowest BCUT2D eigenvalue weighted by atomic mass is 10.2. The molecule has 3 aromatic rings. The minimum atomic E-state index is -3.79. The van der Waals surface area contributed by atoms with Gasteiger partial charge in [-0.2, -0.15) is 9.30 Å². The summed E-state index contributed by atoms with van der Waals surface area (Å²) in [6.07, 6.45) is 1.05. The number of fused-ring (bicyclic) bond motifs is 1. The molecular weight excluding hydrogens is 473 g/mol. The summed E-state index contributed by atoms with van der Waals surface area (Å²) in [5.74, 6) is -0.459. The summed E-state index contributed by atoms with van der Waals surface area (Å²) in [5.41, 5.74) is 1.94. The normalized spacial score (nSPS) is 18.8. The predicted molar refractivity (Wildman–Crippen MR) is 117 cm³/mol. The molecule has 3 heterocycles. The lowest BCUT2D eigenvalue weighted by Crippen LogP contribution is -2.40. The van der Waals surface area contributed by atoms with Crippen LogP contribution in [0.15, 0.2) is 33.5 Å². The van der Waals surface area contributed by atoms with E-state index in [0.29, 0.717) is 27.0 Å². The van der Waals surface area contributed by atoms with Crippen molar-refractivity contribution in [3.05, 3.63) is 44.0 Å². The van der Waals surface area contributed by atoms with Gasteiger partial charge in [0.1, 0.15) is 10.3 Å². The van der Waals surface area contributed by atoms with Gasteiger partial charge in [0, 0.05) is 18.6 Å². The van der Waals surface area contributed by atoms with E-state index >= 15 is 0 Å². The molecule has 0 spiro atoms. The van der Waals surface area contributed by atoms with Crippen molar-refractivity contribution in [1.29, 1.82) is 0 Å². The average Bonchev–Trinajstić information content (AvgIpc) is 3.35. The number of hydrogen-bond donors (Lipinski definition) is 0. The molecule has 0 N–H and O–H groups in total. The summed E-state index contributed by atoms with van der Waals surface area (Å²) in [5, 5.41) is 0.623. The van der Waals surface area contributed by atoms with Crippen LogP contribution in [-0.2, 0) is 21.9 Å². The van der Waals surface area contributed by atoms with E-state index in [1.165, 1.54) is 21.7 Å². The van der Waals surface area contributed by atoms with Crippen molar-refractivity contribution in [3.63, 3.8) is 0 Å². The van der Waals surface area contributed by atoms with E-state index in [9.17, 15) is 13.2 Å². The molecule has 0 aliphatic carbocycles. The molecule has 0 bridgehead atoms. The standard InChI is InChI=1S/C18H17Cl2N3O3S3/c1-10-8-11(19)9-13-16(10)22(2)18(27-13)21-17(24)12-4-3-7-23(12)29(25,26)15-6-5-14(20)28-15/h5-6,8-9,12H,3-4,7H2,1-2H3. The van der Waals surface area contributed by atoms with Crippen LogP contribution in [0.4, 0.5) is 0 Å². The van der Waals surface area contributed by atoms with E-state index in [4.69, 9.17) is 23.2 Å². The van der Waals surface area contributed by atoms with Crippen LogP contribution in [0.25, 0.3) is 10.2 Å². The number of nitrogens with zero attached hydrogens (tertiary/aromatic N) is 3. The number of hydrogen-bond acceptors (Lipinski definition) is 5. The zero-order chi connectivity index (χ0) is 20.9.